The van der Waals surface area contributed by atoms with Crippen molar-refractivity contribution in [1.29, 1.82) is 0 Å². The Balaban J connectivity index is 1.32. The maximum Gasteiger partial charge on any atom is 0.330 e. The molecule has 0 saturated heterocycles. The third kappa shape index (κ3) is 11.1. The summed E-state index contributed by atoms with van der Waals surface area (Å²) in [6, 6.07) is 12.3. The Kier molecular flexibility index (Phi) is 12.9. The summed E-state index contributed by atoms with van der Waals surface area (Å²) in [6.07, 6.45) is 14.8. The molecule has 2 aromatic carbocycles. The standard InChI is InChI=1S/C32H44N2O5/c1-2-3-4-5-6-7-21-37-28-16-11-25(12-17-28)32(36)39-29-14-8-24(9-15-29)10-19-31(35)38-22-20-26-23-27(33)13-18-30(26)34/h8-10,13-15,18-19,23,25,28H,2-7,11-12,16-17,20-22,33-34H2,1H3. The van der Waals surface area contributed by atoms with Gasteiger partial charge in [-0.1, -0.05) is 51.2 Å². The van der Waals surface area contributed by atoms with Crippen molar-refractivity contribution in [3.05, 3.63) is 59.7 Å². The van der Waals surface area contributed by atoms with Crippen LogP contribution < -0.4 is 16.2 Å². The normalized spacial score (nSPS) is 17.3. The van der Waals surface area contributed by atoms with Crippen LogP contribution in [0, 0.1) is 5.92 Å². The van der Waals surface area contributed by atoms with Crippen molar-refractivity contribution in [3.63, 3.8) is 0 Å². The third-order valence-electron chi connectivity index (χ3n) is 7.15. The van der Waals surface area contributed by atoms with E-state index in [0.717, 1.165) is 49.8 Å². The molecule has 7 heteroatoms. The molecule has 1 aliphatic carbocycles. The zero-order chi connectivity index (χ0) is 27.9. The van der Waals surface area contributed by atoms with Crippen molar-refractivity contribution < 1.29 is 23.8 Å². The molecule has 2 aromatic rings. The monoisotopic (exact) mass is 536 g/mol. The van der Waals surface area contributed by atoms with Crippen LogP contribution in [0.5, 0.6) is 5.75 Å². The number of anilines is 2. The number of hydrogen-bond acceptors (Lipinski definition) is 7. The molecular formula is C32H44N2O5. The highest BCUT2D eigenvalue weighted by Gasteiger charge is 2.28. The average Bonchev–Trinajstić information content (AvgIpc) is 2.94. The van der Waals surface area contributed by atoms with E-state index in [2.05, 4.69) is 6.92 Å². The summed E-state index contributed by atoms with van der Waals surface area (Å²) < 4.78 is 16.9. The van der Waals surface area contributed by atoms with Gasteiger partial charge in [-0.05, 0) is 79.6 Å². The van der Waals surface area contributed by atoms with Crippen LogP contribution in [0.3, 0.4) is 0 Å². The lowest BCUT2D eigenvalue weighted by molar-refractivity contribution is -0.141. The molecule has 3 rings (SSSR count). The highest BCUT2D eigenvalue weighted by Crippen LogP contribution is 2.28. The third-order valence-corrected chi connectivity index (χ3v) is 7.15. The second-order valence-corrected chi connectivity index (χ2v) is 10.3. The van der Waals surface area contributed by atoms with Crippen LogP contribution in [-0.4, -0.2) is 31.3 Å². The van der Waals surface area contributed by atoms with Crippen LogP contribution in [0.25, 0.3) is 6.08 Å². The minimum atomic E-state index is -0.445. The summed E-state index contributed by atoms with van der Waals surface area (Å²) in [7, 11) is 0. The predicted molar refractivity (Wildman–Crippen MR) is 156 cm³/mol. The molecule has 0 amide bonds. The molecule has 1 saturated carbocycles. The lowest BCUT2D eigenvalue weighted by Crippen LogP contribution is -2.29. The zero-order valence-corrected chi connectivity index (χ0v) is 23.2. The Bertz CT molecular complexity index is 1060. The molecule has 39 heavy (non-hydrogen) atoms. The van der Waals surface area contributed by atoms with Crippen molar-refractivity contribution in [2.75, 3.05) is 24.7 Å². The maximum atomic E-state index is 12.6. The summed E-state index contributed by atoms with van der Waals surface area (Å²) in [5.41, 5.74) is 14.6. The second kappa shape index (κ2) is 16.6. The minimum absolute atomic E-state index is 0.0871. The van der Waals surface area contributed by atoms with Gasteiger partial charge in [-0.2, -0.15) is 0 Å². The van der Waals surface area contributed by atoms with Gasteiger partial charge in [0.15, 0.2) is 0 Å². The highest BCUT2D eigenvalue weighted by molar-refractivity contribution is 5.87. The maximum absolute atomic E-state index is 12.6. The van der Waals surface area contributed by atoms with Gasteiger partial charge in [0.1, 0.15) is 5.75 Å². The van der Waals surface area contributed by atoms with E-state index < -0.39 is 5.97 Å². The van der Waals surface area contributed by atoms with E-state index >= 15 is 0 Å². The van der Waals surface area contributed by atoms with Gasteiger partial charge >= 0.3 is 11.9 Å². The smallest absolute Gasteiger partial charge is 0.330 e. The fourth-order valence-electron chi connectivity index (χ4n) is 4.76. The van der Waals surface area contributed by atoms with Crippen molar-refractivity contribution in [3.8, 4) is 5.75 Å². The summed E-state index contributed by atoms with van der Waals surface area (Å²) in [6.45, 7) is 3.26. The number of hydrogen-bond donors (Lipinski definition) is 2. The molecule has 0 atom stereocenters. The quantitative estimate of drug-likeness (QED) is 0.0879. The first kappa shape index (κ1) is 30.2. The second-order valence-electron chi connectivity index (χ2n) is 10.3. The Labute approximate surface area is 232 Å². The number of nitrogen functional groups attached to an aromatic ring is 2. The van der Waals surface area contributed by atoms with E-state index in [9.17, 15) is 9.59 Å². The minimum Gasteiger partial charge on any atom is -0.462 e. The van der Waals surface area contributed by atoms with E-state index in [4.69, 9.17) is 25.7 Å². The molecule has 1 fully saturated rings. The summed E-state index contributed by atoms with van der Waals surface area (Å²) >= 11 is 0. The highest BCUT2D eigenvalue weighted by atomic mass is 16.5. The fourth-order valence-corrected chi connectivity index (χ4v) is 4.76. The fraction of sp³-hybridized carbons (Fsp3) is 0.500. The van der Waals surface area contributed by atoms with E-state index in [1.165, 1.54) is 38.2 Å². The number of esters is 2. The van der Waals surface area contributed by atoms with Crippen molar-refractivity contribution in [2.24, 2.45) is 5.92 Å². The van der Waals surface area contributed by atoms with Gasteiger partial charge in [0.05, 0.1) is 18.6 Å². The summed E-state index contributed by atoms with van der Waals surface area (Å²) in [4.78, 5) is 24.7. The largest absolute Gasteiger partial charge is 0.462 e. The van der Waals surface area contributed by atoms with Crippen molar-refractivity contribution >= 4 is 29.4 Å². The van der Waals surface area contributed by atoms with Gasteiger partial charge in [0.25, 0.3) is 0 Å². The van der Waals surface area contributed by atoms with Gasteiger partial charge < -0.3 is 25.7 Å². The van der Waals surface area contributed by atoms with Crippen LogP contribution in [0.4, 0.5) is 11.4 Å². The molecule has 0 bridgehead atoms. The van der Waals surface area contributed by atoms with Crippen LogP contribution in [0.15, 0.2) is 48.5 Å². The van der Waals surface area contributed by atoms with Crippen molar-refractivity contribution in [2.45, 2.75) is 83.7 Å². The Hall–Kier alpha value is -3.32. The Morgan fingerprint density at radius 3 is 2.36 bits per heavy atom. The van der Waals surface area contributed by atoms with Crippen LogP contribution >= 0.6 is 0 Å². The molecule has 0 spiro atoms. The SMILES string of the molecule is CCCCCCCCOC1CCC(C(=O)Oc2ccc(C=CC(=O)OCCc3cc(N)ccc3N)cc2)CC1. The topological polar surface area (TPSA) is 114 Å². The zero-order valence-electron chi connectivity index (χ0n) is 23.2. The van der Waals surface area contributed by atoms with Gasteiger partial charge in [-0.15, -0.1) is 0 Å². The molecule has 7 nitrogen and oxygen atoms in total. The molecule has 0 unspecified atom stereocenters. The lowest BCUT2D eigenvalue weighted by atomic mass is 9.87. The molecule has 4 N–H and O–H groups in total. The molecule has 0 aliphatic heterocycles. The molecule has 212 valence electrons. The van der Waals surface area contributed by atoms with Gasteiger partial charge in [-0.3, -0.25) is 4.79 Å². The van der Waals surface area contributed by atoms with Crippen LogP contribution in [0.1, 0.15) is 82.3 Å². The molecule has 1 aliphatic rings. The molecular weight excluding hydrogens is 492 g/mol. The number of ether oxygens (including phenoxy) is 3. The molecule has 0 heterocycles. The van der Waals surface area contributed by atoms with Gasteiger partial charge in [-0.25, -0.2) is 4.79 Å². The lowest BCUT2D eigenvalue weighted by Gasteiger charge is -2.27. The van der Waals surface area contributed by atoms with E-state index in [0.29, 0.717) is 23.5 Å². The summed E-state index contributed by atoms with van der Waals surface area (Å²) in [5.74, 6) is -0.214. The number of benzene rings is 2. The van der Waals surface area contributed by atoms with E-state index in [1.54, 1.807) is 48.5 Å². The van der Waals surface area contributed by atoms with Crippen LogP contribution in [0.2, 0.25) is 0 Å². The molecule has 0 aromatic heterocycles. The first-order valence-electron chi connectivity index (χ1n) is 14.4. The van der Waals surface area contributed by atoms with E-state index in [-0.39, 0.29) is 24.6 Å². The number of rotatable bonds is 15. The summed E-state index contributed by atoms with van der Waals surface area (Å²) in [5, 5.41) is 0. The van der Waals surface area contributed by atoms with Gasteiger partial charge in [0, 0.05) is 30.5 Å². The van der Waals surface area contributed by atoms with Crippen LogP contribution in [-0.2, 0) is 25.5 Å². The Morgan fingerprint density at radius 2 is 1.62 bits per heavy atom. The Morgan fingerprint density at radius 1 is 0.897 bits per heavy atom. The first-order chi connectivity index (χ1) is 18.9. The number of nitrogens with two attached hydrogens (primary N) is 2. The van der Waals surface area contributed by atoms with Gasteiger partial charge in [0.2, 0.25) is 0 Å². The molecule has 0 radical (unpaired) electrons. The van der Waals surface area contributed by atoms with E-state index in [1.807, 2.05) is 0 Å². The predicted octanol–water partition coefficient (Wildman–Crippen LogP) is 6.49. The first-order valence-corrected chi connectivity index (χ1v) is 14.4. The number of carbonyl (C=O) groups excluding carboxylic acids is 2. The van der Waals surface area contributed by atoms with Crippen molar-refractivity contribution in [1.82, 2.24) is 0 Å². The number of carbonyl (C=O) groups is 2. The average molecular weight is 537 g/mol. The number of unbranched alkanes of at least 4 members (excludes halogenated alkanes) is 5.